The molecule has 7 nitrogen and oxygen atoms in total. The minimum atomic E-state index is 0.211. The van der Waals surface area contributed by atoms with E-state index in [1.54, 1.807) is 17.2 Å². The zero-order valence-electron chi connectivity index (χ0n) is 20.3. The molecule has 3 aromatic rings. The quantitative estimate of drug-likeness (QED) is 0.532. The Kier molecular flexibility index (Phi) is 10.9. The standard InChI is InChI=1S/C21H23NO3.C5H6N2.CH5N/c1-15(2)19-5-3-4-6-21(19)25-18-7-8-20(17(11-18)13-23)16-9-10-22(12-16)14-24;1-5-2-3-6-4-7-5;1-2/h3-8,11,13-16H,9-10,12H2,1-2H3;2-4H,1H3;2H2,1H3. The SMILES string of the molecule is CC(C)c1ccccc1Oc1ccc(C2CCN(C=O)C2)c(C=O)c1.CN.Cc1ccncn1. The summed E-state index contributed by atoms with van der Waals surface area (Å²) < 4.78 is 6.05. The van der Waals surface area contributed by atoms with Gasteiger partial charge in [0.05, 0.1) is 0 Å². The number of ether oxygens (including phenoxy) is 1. The van der Waals surface area contributed by atoms with E-state index in [1.807, 2.05) is 43.3 Å². The lowest BCUT2D eigenvalue weighted by Crippen LogP contribution is -2.17. The molecule has 1 aliphatic heterocycles. The molecule has 1 amide bonds. The number of aromatic nitrogens is 2. The van der Waals surface area contributed by atoms with Gasteiger partial charge in [-0.25, -0.2) is 9.97 Å². The van der Waals surface area contributed by atoms with Crippen molar-refractivity contribution in [3.05, 3.63) is 83.4 Å². The van der Waals surface area contributed by atoms with Gasteiger partial charge in [-0.05, 0) is 61.7 Å². The van der Waals surface area contributed by atoms with E-state index in [0.29, 0.717) is 23.8 Å². The van der Waals surface area contributed by atoms with Gasteiger partial charge in [0.15, 0.2) is 0 Å². The molecule has 0 saturated carbocycles. The third kappa shape index (κ3) is 7.49. The zero-order valence-corrected chi connectivity index (χ0v) is 20.3. The van der Waals surface area contributed by atoms with Crippen molar-refractivity contribution in [1.82, 2.24) is 14.9 Å². The number of para-hydroxylation sites is 1. The van der Waals surface area contributed by atoms with Crippen LogP contribution >= 0.6 is 0 Å². The minimum absolute atomic E-state index is 0.211. The fourth-order valence-corrected chi connectivity index (χ4v) is 3.76. The second-order valence-electron chi connectivity index (χ2n) is 8.14. The largest absolute Gasteiger partial charge is 0.457 e. The van der Waals surface area contributed by atoms with E-state index >= 15 is 0 Å². The molecule has 1 aliphatic rings. The Morgan fingerprint density at radius 1 is 1.12 bits per heavy atom. The van der Waals surface area contributed by atoms with Crippen molar-refractivity contribution in [3.63, 3.8) is 0 Å². The summed E-state index contributed by atoms with van der Waals surface area (Å²) in [6.07, 6.45) is 5.90. The van der Waals surface area contributed by atoms with Crippen LogP contribution in [0.25, 0.3) is 0 Å². The van der Waals surface area contributed by atoms with Crippen LogP contribution < -0.4 is 10.5 Å². The number of benzene rings is 2. The molecule has 0 spiro atoms. The van der Waals surface area contributed by atoms with Gasteiger partial charge in [-0.1, -0.05) is 38.1 Å². The van der Waals surface area contributed by atoms with Gasteiger partial charge in [-0.3, -0.25) is 9.59 Å². The van der Waals surface area contributed by atoms with Gasteiger partial charge in [0.1, 0.15) is 24.1 Å². The number of aldehydes is 1. The fourth-order valence-electron chi connectivity index (χ4n) is 3.76. The van der Waals surface area contributed by atoms with Crippen LogP contribution in [-0.4, -0.2) is 47.7 Å². The van der Waals surface area contributed by atoms with Crippen molar-refractivity contribution in [2.45, 2.75) is 39.0 Å². The van der Waals surface area contributed by atoms with Gasteiger partial charge in [-0.15, -0.1) is 0 Å². The van der Waals surface area contributed by atoms with E-state index in [9.17, 15) is 9.59 Å². The number of nitrogens with zero attached hydrogens (tertiary/aromatic N) is 3. The molecule has 0 bridgehead atoms. The lowest BCUT2D eigenvalue weighted by Gasteiger charge is -2.16. The molecular weight excluding hydrogens is 428 g/mol. The van der Waals surface area contributed by atoms with Gasteiger partial charge in [0, 0.05) is 36.5 Å². The number of carbonyl (C=O) groups excluding carboxylic acids is 2. The highest BCUT2D eigenvalue weighted by Gasteiger charge is 2.25. The van der Waals surface area contributed by atoms with Gasteiger partial charge >= 0.3 is 0 Å². The maximum Gasteiger partial charge on any atom is 0.209 e. The molecule has 180 valence electrons. The molecule has 2 heterocycles. The first-order valence-corrected chi connectivity index (χ1v) is 11.4. The highest BCUT2D eigenvalue weighted by atomic mass is 16.5. The summed E-state index contributed by atoms with van der Waals surface area (Å²) in [5, 5.41) is 0. The van der Waals surface area contributed by atoms with E-state index in [0.717, 1.165) is 48.2 Å². The molecule has 1 saturated heterocycles. The van der Waals surface area contributed by atoms with Crippen molar-refractivity contribution >= 4 is 12.7 Å². The van der Waals surface area contributed by atoms with Gasteiger partial charge < -0.3 is 15.4 Å². The molecule has 2 aromatic carbocycles. The molecule has 2 N–H and O–H groups in total. The third-order valence-corrected chi connectivity index (χ3v) is 5.49. The second kappa shape index (κ2) is 13.9. The molecule has 1 aromatic heterocycles. The van der Waals surface area contributed by atoms with Crippen LogP contribution in [0.3, 0.4) is 0 Å². The molecule has 1 fully saturated rings. The summed E-state index contributed by atoms with van der Waals surface area (Å²) in [5.41, 5.74) is 8.27. The summed E-state index contributed by atoms with van der Waals surface area (Å²) >= 11 is 0. The number of amides is 1. The Hall–Kier alpha value is -3.58. The van der Waals surface area contributed by atoms with Crippen molar-refractivity contribution < 1.29 is 14.3 Å². The predicted octanol–water partition coefficient (Wildman–Crippen LogP) is 4.72. The number of aryl methyl sites for hydroxylation is 1. The number of rotatable bonds is 6. The molecule has 34 heavy (non-hydrogen) atoms. The van der Waals surface area contributed by atoms with Crippen molar-refractivity contribution in [2.24, 2.45) is 5.73 Å². The molecule has 0 radical (unpaired) electrons. The smallest absolute Gasteiger partial charge is 0.209 e. The number of hydrogen-bond donors (Lipinski definition) is 1. The second-order valence-corrected chi connectivity index (χ2v) is 8.14. The summed E-state index contributed by atoms with van der Waals surface area (Å²) in [6.45, 7) is 7.59. The van der Waals surface area contributed by atoms with E-state index in [4.69, 9.17) is 4.74 Å². The number of nitrogens with two attached hydrogens (primary N) is 1. The number of hydrogen-bond acceptors (Lipinski definition) is 6. The van der Waals surface area contributed by atoms with Gasteiger partial charge in [0.2, 0.25) is 6.41 Å². The Bertz CT molecular complexity index is 1040. The van der Waals surface area contributed by atoms with Crippen molar-refractivity contribution in [2.75, 3.05) is 20.1 Å². The summed E-state index contributed by atoms with van der Waals surface area (Å²) in [6, 6.07) is 15.5. The molecule has 1 atom stereocenters. The maximum absolute atomic E-state index is 11.6. The van der Waals surface area contributed by atoms with E-state index in [1.165, 1.54) is 13.4 Å². The monoisotopic (exact) mass is 462 g/mol. The molecule has 1 unspecified atom stereocenters. The van der Waals surface area contributed by atoms with E-state index in [2.05, 4.69) is 35.6 Å². The van der Waals surface area contributed by atoms with Crippen molar-refractivity contribution in [3.8, 4) is 11.5 Å². The lowest BCUT2D eigenvalue weighted by molar-refractivity contribution is -0.117. The summed E-state index contributed by atoms with van der Waals surface area (Å²) in [5.74, 6) is 2.04. The van der Waals surface area contributed by atoms with E-state index in [-0.39, 0.29) is 5.92 Å². The fraction of sp³-hybridized carbons (Fsp3) is 0.333. The van der Waals surface area contributed by atoms with Gasteiger partial charge in [0.25, 0.3) is 0 Å². The van der Waals surface area contributed by atoms with Crippen molar-refractivity contribution in [1.29, 1.82) is 0 Å². The molecule has 4 rings (SSSR count). The minimum Gasteiger partial charge on any atom is -0.457 e. The highest BCUT2D eigenvalue weighted by molar-refractivity contribution is 5.78. The van der Waals surface area contributed by atoms with Crippen LogP contribution in [0.5, 0.6) is 11.5 Å². The maximum atomic E-state index is 11.6. The topological polar surface area (TPSA) is 98.4 Å². The van der Waals surface area contributed by atoms with Crippen LogP contribution in [-0.2, 0) is 4.79 Å². The highest BCUT2D eigenvalue weighted by Crippen LogP contribution is 2.34. The Labute approximate surface area is 202 Å². The first-order chi connectivity index (χ1) is 16.5. The molecule has 7 heteroatoms. The first kappa shape index (κ1) is 26.7. The van der Waals surface area contributed by atoms with Gasteiger partial charge in [-0.2, -0.15) is 0 Å². The van der Waals surface area contributed by atoms with E-state index < -0.39 is 0 Å². The zero-order chi connectivity index (χ0) is 24.9. The van der Waals surface area contributed by atoms with Crippen LogP contribution in [0.15, 0.2) is 61.1 Å². The average Bonchev–Trinajstić information content (AvgIpc) is 3.35. The average molecular weight is 463 g/mol. The summed E-state index contributed by atoms with van der Waals surface area (Å²) in [7, 11) is 1.50. The van der Waals surface area contributed by atoms with Crippen LogP contribution in [0, 0.1) is 6.92 Å². The Balaban J connectivity index is 0.000000384. The molecular formula is C27H34N4O3. The lowest BCUT2D eigenvalue weighted by atomic mass is 9.94. The Morgan fingerprint density at radius 2 is 1.88 bits per heavy atom. The third-order valence-electron chi connectivity index (χ3n) is 5.49. The predicted molar refractivity (Wildman–Crippen MR) is 134 cm³/mol. The normalized spacial score (nSPS) is 14.4. The van der Waals surface area contributed by atoms with Crippen LogP contribution in [0.1, 0.15) is 59.3 Å². The Morgan fingerprint density at radius 3 is 2.44 bits per heavy atom. The number of carbonyl (C=O) groups is 2. The molecule has 0 aliphatic carbocycles. The first-order valence-electron chi connectivity index (χ1n) is 11.4. The summed E-state index contributed by atoms with van der Waals surface area (Å²) in [4.78, 5) is 31.9. The number of likely N-dealkylation sites (tertiary alicyclic amines) is 1. The van der Waals surface area contributed by atoms with Crippen LogP contribution in [0.2, 0.25) is 0 Å². The van der Waals surface area contributed by atoms with Crippen LogP contribution in [0.4, 0.5) is 0 Å².